The molecule has 0 aliphatic carbocycles. The minimum atomic E-state index is -4.07. The molecule has 1 heterocycles. The second-order valence-electron chi connectivity index (χ2n) is 4.28. The molecular formula is C12H15F3N2S. The van der Waals surface area contributed by atoms with Crippen molar-refractivity contribution in [3.63, 3.8) is 0 Å². The van der Waals surface area contributed by atoms with Gasteiger partial charge in [0.1, 0.15) is 0 Å². The van der Waals surface area contributed by atoms with Crippen molar-refractivity contribution >= 4 is 23.1 Å². The summed E-state index contributed by atoms with van der Waals surface area (Å²) < 4.78 is 36.4. The van der Waals surface area contributed by atoms with Crippen molar-refractivity contribution in [2.24, 2.45) is 0 Å². The SMILES string of the molecule is Nc1ccc2c(c1)N(CCCC(F)(F)F)CCS2. The van der Waals surface area contributed by atoms with Gasteiger partial charge in [-0.1, -0.05) is 0 Å². The lowest BCUT2D eigenvalue weighted by Gasteiger charge is -2.31. The van der Waals surface area contributed by atoms with Gasteiger partial charge in [0.05, 0.1) is 5.69 Å². The van der Waals surface area contributed by atoms with E-state index in [2.05, 4.69) is 0 Å². The maximum absolute atomic E-state index is 12.1. The lowest BCUT2D eigenvalue weighted by atomic mass is 10.2. The van der Waals surface area contributed by atoms with Crippen molar-refractivity contribution < 1.29 is 13.2 Å². The third-order valence-corrected chi connectivity index (χ3v) is 3.87. The summed E-state index contributed by atoms with van der Waals surface area (Å²) in [6.45, 7) is 1.20. The first kappa shape index (κ1) is 13.4. The van der Waals surface area contributed by atoms with Crippen LogP contribution in [0.25, 0.3) is 0 Å². The second kappa shape index (κ2) is 5.30. The van der Waals surface area contributed by atoms with Crippen LogP contribution in [0.15, 0.2) is 23.1 Å². The summed E-state index contributed by atoms with van der Waals surface area (Å²) in [4.78, 5) is 3.09. The van der Waals surface area contributed by atoms with Gasteiger partial charge in [-0.15, -0.1) is 11.8 Å². The first-order valence-corrected chi connectivity index (χ1v) is 6.78. The van der Waals surface area contributed by atoms with Gasteiger partial charge >= 0.3 is 6.18 Å². The van der Waals surface area contributed by atoms with E-state index in [-0.39, 0.29) is 6.42 Å². The Morgan fingerprint density at radius 3 is 2.83 bits per heavy atom. The maximum Gasteiger partial charge on any atom is 0.389 e. The highest BCUT2D eigenvalue weighted by Crippen LogP contribution is 2.36. The van der Waals surface area contributed by atoms with E-state index in [9.17, 15) is 13.2 Å². The van der Waals surface area contributed by atoms with Crippen LogP contribution in [0.2, 0.25) is 0 Å². The molecule has 0 saturated carbocycles. The molecule has 0 aromatic heterocycles. The van der Waals surface area contributed by atoms with Crippen LogP contribution in [0.1, 0.15) is 12.8 Å². The Labute approximate surface area is 108 Å². The number of hydrogen-bond donors (Lipinski definition) is 1. The molecule has 1 aliphatic rings. The fourth-order valence-corrected chi connectivity index (χ4v) is 3.02. The largest absolute Gasteiger partial charge is 0.399 e. The van der Waals surface area contributed by atoms with Crippen molar-refractivity contribution in [3.05, 3.63) is 18.2 Å². The van der Waals surface area contributed by atoms with Crippen molar-refractivity contribution in [1.29, 1.82) is 0 Å². The van der Waals surface area contributed by atoms with E-state index in [1.54, 1.807) is 11.8 Å². The number of anilines is 2. The van der Waals surface area contributed by atoms with Crippen LogP contribution in [-0.4, -0.2) is 25.0 Å². The number of thioether (sulfide) groups is 1. The molecule has 1 aliphatic heterocycles. The highest BCUT2D eigenvalue weighted by atomic mass is 32.2. The van der Waals surface area contributed by atoms with Gasteiger partial charge in [-0.25, -0.2) is 0 Å². The van der Waals surface area contributed by atoms with Gasteiger partial charge in [0.25, 0.3) is 0 Å². The average Bonchev–Trinajstić information content (AvgIpc) is 2.28. The average molecular weight is 276 g/mol. The highest BCUT2D eigenvalue weighted by molar-refractivity contribution is 7.99. The topological polar surface area (TPSA) is 29.3 Å². The predicted molar refractivity (Wildman–Crippen MR) is 69.1 cm³/mol. The standard InChI is InChI=1S/C12H15F3N2S/c13-12(14,15)4-1-5-17-6-7-18-11-3-2-9(16)8-10(11)17/h2-3,8H,1,4-7,16H2. The summed E-state index contributed by atoms with van der Waals surface area (Å²) in [6.07, 6.45) is -4.67. The number of rotatable bonds is 3. The predicted octanol–water partition coefficient (Wildman–Crippen LogP) is 3.52. The van der Waals surface area contributed by atoms with Crippen molar-refractivity contribution in [2.75, 3.05) is 29.5 Å². The number of alkyl halides is 3. The van der Waals surface area contributed by atoms with E-state index in [0.29, 0.717) is 12.2 Å². The number of hydrogen-bond acceptors (Lipinski definition) is 3. The molecular weight excluding hydrogens is 261 g/mol. The molecule has 1 aromatic rings. The molecule has 2 rings (SSSR count). The Kier molecular flexibility index (Phi) is 3.94. The third-order valence-electron chi connectivity index (χ3n) is 2.83. The maximum atomic E-state index is 12.1. The summed E-state index contributed by atoms with van der Waals surface area (Å²) >= 11 is 1.72. The smallest absolute Gasteiger partial charge is 0.389 e. The molecule has 0 saturated heterocycles. The quantitative estimate of drug-likeness (QED) is 0.856. The van der Waals surface area contributed by atoms with Gasteiger partial charge in [-0.2, -0.15) is 13.2 Å². The fraction of sp³-hybridized carbons (Fsp3) is 0.500. The first-order valence-electron chi connectivity index (χ1n) is 5.80. The lowest BCUT2D eigenvalue weighted by molar-refractivity contribution is -0.135. The zero-order chi connectivity index (χ0) is 13.2. The van der Waals surface area contributed by atoms with Crippen LogP contribution in [-0.2, 0) is 0 Å². The van der Waals surface area contributed by atoms with Crippen molar-refractivity contribution in [2.45, 2.75) is 23.9 Å². The number of nitrogens with two attached hydrogens (primary N) is 1. The van der Waals surface area contributed by atoms with Gasteiger partial charge in [0, 0.05) is 35.8 Å². The van der Waals surface area contributed by atoms with E-state index in [4.69, 9.17) is 5.73 Å². The molecule has 0 fully saturated rings. The summed E-state index contributed by atoms with van der Waals surface area (Å²) in [7, 11) is 0. The molecule has 0 radical (unpaired) electrons. The Bertz CT molecular complexity index is 420. The Morgan fingerprint density at radius 1 is 1.33 bits per heavy atom. The van der Waals surface area contributed by atoms with Gasteiger partial charge in [0.15, 0.2) is 0 Å². The number of nitrogens with zero attached hydrogens (tertiary/aromatic N) is 1. The van der Waals surface area contributed by atoms with E-state index >= 15 is 0 Å². The van der Waals surface area contributed by atoms with E-state index in [1.807, 2.05) is 23.1 Å². The molecule has 6 heteroatoms. The van der Waals surface area contributed by atoms with Crippen LogP contribution in [0, 0.1) is 0 Å². The summed E-state index contributed by atoms with van der Waals surface area (Å²) in [5, 5.41) is 0. The number of halogens is 3. The van der Waals surface area contributed by atoms with Crippen LogP contribution in [0.4, 0.5) is 24.5 Å². The monoisotopic (exact) mass is 276 g/mol. The van der Waals surface area contributed by atoms with Gasteiger partial charge in [-0.3, -0.25) is 0 Å². The Hall–Kier alpha value is -1.04. The second-order valence-corrected chi connectivity index (χ2v) is 5.42. The van der Waals surface area contributed by atoms with E-state index in [0.717, 1.165) is 22.9 Å². The molecule has 0 bridgehead atoms. The molecule has 0 unspecified atom stereocenters. The molecule has 0 spiro atoms. The zero-order valence-corrected chi connectivity index (χ0v) is 10.7. The fourth-order valence-electron chi connectivity index (χ4n) is 1.99. The molecule has 1 aromatic carbocycles. The minimum Gasteiger partial charge on any atom is -0.399 e. The van der Waals surface area contributed by atoms with Crippen LogP contribution in [0.5, 0.6) is 0 Å². The van der Waals surface area contributed by atoms with Gasteiger partial charge < -0.3 is 10.6 Å². The normalized spacial score (nSPS) is 15.6. The van der Waals surface area contributed by atoms with Crippen LogP contribution < -0.4 is 10.6 Å². The van der Waals surface area contributed by atoms with E-state index in [1.165, 1.54) is 0 Å². The molecule has 2 N–H and O–H groups in total. The van der Waals surface area contributed by atoms with Gasteiger partial charge in [0.2, 0.25) is 0 Å². The molecule has 2 nitrogen and oxygen atoms in total. The Morgan fingerprint density at radius 2 is 2.11 bits per heavy atom. The minimum absolute atomic E-state index is 0.127. The number of nitrogen functional groups attached to an aromatic ring is 1. The molecule has 0 amide bonds. The Balaban J connectivity index is 2.01. The van der Waals surface area contributed by atoms with Crippen LogP contribution in [0.3, 0.4) is 0 Å². The van der Waals surface area contributed by atoms with Crippen LogP contribution >= 0.6 is 11.8 Å². The molecule has 18 heavy (non-hydrogen) atoms. The number of benzene rings is 1. The highest BCUT2D eigenvalue weighted by Gasteiger charge is 2.27. The summed E-state index contributed by atoms with van der Waals surface area (Å²) in [5.74, 6) is 0.906. The van der Waals surface area contributed by atoms with Crippen molar-refractivity contribution in [3.8, 4) is 0 Å². The lowest BCUT2D eigenvalue weighted by Crippen LogP contribution is -2.30. The van der Waals surface area contributed by atoms with Gasteiger partial charge in [-0.05, 0) is 24.6 Å². The molecule has 100 valence electrons. The summed E-state index contributed by atoms with van der Waals surface area (Å²) in [6, 6.07) is 5.60. The van der Waals surface area contributed by atoms with Crippen molar-refractivity contribution in [1.82, 2.24) is 0 Å². The zero-order valence-electron chi connectivity index (χ0n) is 9.83. The summed E-state index contributed by atoms with van der Waals surface area (Å²) in [5.41, 5.74) is 7.34. The number of fused-ring (bicyclic) bond motifs is 1. The first-order chi connectivity index (χ1) is 8.46. The molecule has 0 atom stereocenters. The van der Waals surface area contributed by atoms with E-state index < -0.39 is 12.6 Å². The third kappa shape index (κ3) is 3.48.